The number of nitrogens with zero attached hydrogens (tertiary/aromatic N) is 2. The number of nitrogens with one attached hydrogen (secondary N) is 1. The van der Waals surface area contributed by atoms with Crippen molar-refractivity contribution in [2.24, 2.45) is 0 Å². The standard InChI is InChI=1S/C19H23N3O4/c1-13-4-6-15(7-5-13)26-12-19(25-3)8-9-22(11-19)18(24)16-10-17(23)21-14(2)20-16/h4-7,10H,8-9,11-12H2,1-3H3,(H,20,21,23)/t19-/m0/s1. The first kappa shape index (κ1) is 18.1. The number of ether oxygens (including phenoxy) is 2. The van der Waals surface area contributed by atoms with Gasteiger partial charge in [-0.05, 0) is 32.4 Å². The molecule has 0 spiro atoms. The molecular weight excluding hydrogens is 334 g/mol. The Morgan fingerprint density at radius 1 is 1.31 bits per heavy atom. The van der Waals surface area contributed by atoms with E-state index in [0.29, 0.717) is 31.9 Å². The van der Waals surface area contributed by atoms with Crippen LogP contribution in [0.25, 0.3) is 0 Å². The molecular formula is C19H23N3O4. The summed E-state index contributed by atoms with van der Waals surface area (Å²) in [4.78, 5) is 32.6. The number of benzene rings is 1. The smallest absolute Gasteiger partial charge is 0.272 e. The summed E-state index contributed by atoms with van der Waals surface area (Å²) in [5, 5.41) is 0. The normalized spacial score (nSPS) is 19.6. The van der Waals surface area contributed by atoms with Gasteiger partial charge in [0.2, 0.25) is 0 Å². The van der Waals surface area contributed by atoms with Crippen LogP contribution in [0.4, 0.5) is 0 Å². The van der Waals surface area contributed by atoms with Gasteiger partial charge in [-0.1, -0.05) is 17.7 Å². The number of aryl methyl sites for hydroxylation is 2. The largest absolute Gasteiger partial charge is 0.491 e. The van der Waals surface area contributed by atoms with Crippen LogP contribution in [0.15, 0.2) is 35.1 Å². The number of likely N-dealkylation sites (tertiary alicyclic amines) is 1. The van der Waals surface area contributed by atoms with Crippen molar-refractivity contribution in [1.29, 1.82) is 0 Å². The van der Waals surface area contributed by atoms with Gasteiger partial charge >= 0.3 is 0 Å². The molecule has 0 aliphatic carbocycles. The van der Waals surface area contributed by atoms with Gasteiger partial charge in [0.15, 0.2) is 0 Å². The van der Waals surface area contributed by atoms with Crippen molar-refractivity contribution in [2.75, 3.05) is 26.8 Å². The van der Waals surface area contributed by atoms with Gasteiger partial charge in [0, 0.05) is 19.7 Å². The third kappa shape index (κ3) is 3.94. The number of methoxy groups -OCH3 is 1. The summed E-state index contributed by atoms with van der Waals surface area (Å²) in [5.74, 6) is 0.915. The molecule has 1 fully saturated rings. The Hall–Kier alpha value is -2.67. The van der Waals surface area contributed by atoms with Crippen molar-refractivity contribution in [2.45, 2.75) is 25.9 Å². The van der Waals surface area contributed by atoms with E-state index in [4.69, 9.17) is 9.47 Å². The number of aromatic nitrogens is 2. The predicted molar refractivity (Wildman–Crippen MR) is 96.5 cm³/mol. The summed E-state index contributed by atoms with van der Waals surface area (Å²) in [5.41, 5.74) is 0.409. The van der Waals surface area contributed by atoms with Crippen molar-refractivity contribution in [3.63, 3.8) is 0 Å². The van der Waals surface area contributed by atoms with Crippen molar-refractivity contribution in [1.82, 2.24) is 14.9 Å². The maximum absolute atomic E-state index is 12.7. The minimum Gasteiger partial charge on any atom is -0.491 e. The van der Waals surface area contributed by atoms with Gasteiger partial charge in [-0.15, -0.1) is 0 Å². The Kier molecular flexibility index (Phi) is 5.08. The Morgan fingerprint density at radius 2 is 2.04 bits per heavy atom. The van der Waals surface area contributed by atoms with Crippen molar-refractivity contribution >= 4 is 5.91 Å². The molecule has 1 N–H and O–H groups in total. The highest BCUT2D eigenvalue weighted by molar-refractivity contribution is 5.92. The Labute approximate surface area is 152 Å². The summed E-state index contributed by atoms with van der Waals surface area (Å²) in [6, 6.07) is 9.03. The molecule has 2 aromatic rings. The van der Waals surface area contributed by atoms with Crippen molar-refractivity contribution in [3.8, 4) is 5.75 Å². The van der Waals surface area contributed by atoms with E-state index in [1.165, 1.54) is 6.07 Å². The number of carbonyl (C=O) groups excluding carboxylic acids is 1. The van der Waals surface area contributed by atoms with Crippen LogP contribution in [-0.2, 0) is 4.74 Å². The highest BCUT2D eigenvalue weighted by Crippen LogP contribution is 2.27. The lowest BCUT2D eigenvalue weighted by atomic mass is 10.0. The fraction of sp³-hybridized carbons (Fsp3) is 0.421. The molecule has 0 saturated carbocycles. The SMILES string of the molecule is CO[C@@]1(COc2ccc(C)cc2)CCN(C(=O)c2cc(=O)[nH]c(C)n2)C1. The molecule has 1 saturated heterocycles. The highest BCUT2D eigenvalue weighted by Gasteiger charge is 2.41. The van der Waals surface area contributed by atoms with Crippen LogP contribution in [0, 0.1) is 13.8 Å². The van der Waals surface area contributed by atoms with Gasteiger partial charge < -0.3 is 19.4 Å². The monoisotopic (exact) mass is 357 g/mol. The Balaban J connectivity index is 1.68. The van der Waals surface area contributed by atoms with Gasteiger partial charge in [0.25, 0.3) is 11.5 Å². The van der Waals surface area contributed by atoms with E-state index in [1.807, 2.05) is 31.2 Å². The second-order valence-electron chi connectivity index (χ2n) is 6.68. The molecule has 0 bridgehead atoms. The van der Waals surface area contributed by atoms with Gasteiger partial charge in [-0.3, -0.25) is 9.59 Å². The topological polar surface area (TPSA) is 84.5 Å². The van der Waals surface area contributed by atoms with Crippen LogP contribution in [0.3, 0.4) is 0 Å². The first-order valence-electron chi connectivity index (χ1n) is 8.53. The molecule has 1 aromatic carbocycles. The average molecular weight is 357 g/mol. The number of rotatable bonds is 5. The lowest BCUT2D eigenvalue weighted by Gasteiger charge is -2.27. The van der Waals surface area contributed by atoms with Gasteiger partial charge in [0.1, 0.15) is 29.5 Å². The number of hydrogen-bond acceptors (Lipinski definition) is 5. The molecule has 1 atom stereocenters. The molecule has 1 aliphatic rings. The molecule has 0 radical (unpaired) electrons. The molecule has 1 aromatic heterocycles. The number of aromatic amines is 1. The second kappa shape index (κ2) is 7.29. The highest BCUT2D eigenvalue weighted by atomic mass is 16.5. The van der Waals surface area contributed by atoms with E-state index in [2.05, 4.69) is 9.97 Å². The van der Waals surface area contributed by atoms with Crippen LogP contribution in [0.5, 0.6) is 5.75 Å². The second-order valence-corrected chi connectivity index (χ2v) is 6.68. The number of carbonyl (C=O) groups is 1. The number of hydrogen-bond donors (Lipinski definition) is 1. The lowest BCUT2D eigenvalue weighted by Crippen LogP contribution is -2.42. The minimum absolute atomic E-state index is 0.151. The first-order chi connectivity index (χ1) is 12.4. The number of H-pyrrole nitrogens is 1. The minimum atomic E-state index is -0.573. The van der Waals surface area contributed by atoms with E-state index >= 15 is 0 Å². The zero-order chi connectivity index (χ0) is 18.7. The molecule has 1 amide bonds. The zero-order valence-corrected chi connectivity index (χ0v) is 15.2. The molecule has 138 valence electrons. The third-order valence-corrected chi connectivity index (χ3v) is 4.64. The van der Waals surface area contributed by atoms with E-state index < -0.39 is 5.60 Å². The van der Waals surface area contributed by atoms with Crippen LogP contribution < -0.4 is 10.3 Å². The molecule has 1 aliphatic heterocycles. The summed E-state index contributed by atoms with van der Waals surface area (Å²) in [6.07, 6.45) is 0.656. The van der Waals surface area contributed by atoms with Gasteiger partial charge in [0.05, 0.1) is 6.54 Å². The fourth-order valence-corrected chi connectivity index (χ4v) is 3.06. The molecule has 7 heteroatoms. The Morgan fingerprint density at radius 3 is 2.69 bits per heavy atom. The van der Waals surface area contributed by atoms with E-state index in [0.717, 1.165) is 11.3 Å². The molecule has 7 nitrogen and oxygen atoms in total. The van der Waals surface area contributed by atoms with E-state index in [-0.39, 0.29) is 17.2 Å². The van der Waals surface area contributed by atoms with Gasteiger partial charge in [-0.25, -0.2) is 4.98 Å². The summed E-state index contributed by atoms with van der Waals surface area (Å²) < 4.78 is 11.6. The predicted octanol–water partition coefficient (Wildman–Crippen LogP) is 1.70. The van der Waals surface area contributed by atoms with E-state index in [1.54, 1.807) is 18.9 Å². The first-order valence-corrected chi connectivity index (χ1v) is 8.53. The molecule has 26 heavy (non-hydrogen) atoms. The van der Waals surface area contributed by atoms with Crippen LogP contribution in [0.2, 0.25) is 0 Å². The van der Waals surface area contributed by atoms with Crippen LogP contribution in [-0.4, -0.2) is 53.2 Å². The molecule has 2 heterocycles. The van der Waals surface area contributed by atoms with Crippen molar-refractivity contribution < 1.29 is 14.3 Å². The summed E-state index contributed by atoms with van der Waals surface area (Å²) >= 11 is 0. The quantitative estimate of drug-likeness (QED) is 0.880. The lowest BCUT2D eigenvalue weighted by molar-refractivity contribution is -0.0342. The Bertz CT molecular complexity index is 847. The average Bonchev–Trinajstić information content (AvgIpc) is 3.05. The molecule has 3 rings (SSSR count). The molecule has 0 unspecified atom stereocenters. The summed E-state index contributed by atoms with van der Waals surface area (Å²) in [7, 11) is 1.63. The summed E-state index contributed by atoms with van der Waals surface area (Å²) in [6.45, 7) is 4.93. The van der Waals surface area contributed by atoms with E-state index in [9.17, 15) is 9.59 Å². The third-order valence-electron chi connectivity index (χ3n) is 4.64. The zero-order valence-electron chi connectivity index (χ0n) is 15.2. The van der Waals surface area contributed by atoms with Crippen LogP contribution in [0.1, 0.15) is 28.3 Å². The van der Waals surface area contributed by atoms with Crippen molar-refractivity contribution in [3.05, 3.63) is 57.8 Å². The maximum Gasteiger partial charge on any atom is 0.272 e. The van der Waals surface area contributed by atoms with Gasteiger partial charge in [-0.2, -0.15) is 0 Å². The van der Waals surface area contributed by atoms with Crippen LogP contribution >= 0.6 is 0 Å². The maximum atomic E-state index is 12.7. The number of amides is 1. The fourth-order valence-electron chi connectivity index (χ4n) is 3.06.